The molecular formula is C18H22N4O3. The fourth-order valence-electron chi connectivity index (χ4n) is 3.23. The van der Waals surface area contributed by atoms with E-state index < -0.39 is 0 Å². The Morgan fingerprint density at radius 3 is 2.84 bits per heavy atom. The number of hydrogen-bond donors (Lipinski definition) is 1. The van der Waals surface area contributed by atoms with Gasteiger partial charge in [0.15, 0.2) is 0 Å². The number of amides is 2. The maximum absolute atomic E-state index is 12.4. The number of nitriles is 1. The number of benzene rings is 1. The van der Waals surface area contributed by atoms with Crippen LogP contribution in [-0.4, -0.2) is 62.7 Å². The van der Waals surface area contributed by atoms with E-state index in [1.165, 1.54) is 0 Å². The number of nitrogens with zero attached hydrogens (tertiary/aromatic N) is 3. The second-order valence-electron chi connectivity index (χ2n) is 6.28. The van der Waals surface area contributed by atoms with Crippen LogP contribution in [-0.2, 0) is 14.3 Å². The van der Waals surface area contributed by atoms with E-state index in [4.69, 9.17) is 4.74 Å². The molecule has 3 rings (SSSR count). The molecule has 0 radical (unpaired) electrons. The Labute approximate surface area is 147 Å². The molecule has 2 saturated heterocycles. The molecule has 2 aliphatic heterocycles. The molecule has 0 aliphatic carbocycles. The van der Waals surface area contributed by atoms with Crippen molar-refractivity contribution in [3.63, 3.8) is 0 Å². The Hall–Kier alpha value is -2.43. The fraction of sp³-hybridized carbons (Fsp3) is 0.500. The Morgan fingerprint density at radius 1 is 1.32 bits per heavy atom. The zero-order chi connectivity index (χ0) is 17.6. The van der Waals surface area contributed by atoms with E-state index in [9.17, 15) is 14.9 Å². The fourth-order valence-corrected chi connectivity index (χ4v) is 3.23. The molecule has 1 aromatic carbocycles. The highest BCUT2D eigenvalue weighted by atomic mass is 16.5. The molecule has 1 N–H and O–H groups in total. The second kappa shape index (κ2) is 8.10. The highest BCUT2D eigenvalue weighted by molar-refractivity contribution is 6.01. The summed E-state index contributed by atoms with van der Waals surface area (Å²) in [5, 5.41) is 12.1. The molecule has 2 fully saturated rings. The molecule has 7 heteroatoms. The number of nitrogens with one attached hydrogen (secondary N) is 1. The van der Waals surface area contributed by atoms with Crippen LogP contribution in [0.4, 0.5) is 5.69 Å². The molecule has 0 spiro atoms. The third kappa shape index (κ3) is 4.16. The van der Waals surface area contributed by atoms with Crippen molar-refractivity contribution in [2.45, 2.75) is 6.42 Å². The van der Waals surface area contributed by atoms with Gasteiger partial charge in [0.2, 0.25) is 11.8 Å². The van der Waals surface area contributed by atoms with Gasteiger partial charge in [0.05, 0.1) is 30.4 Å². The van der Waals surface area contributed by atoms with E-state index in [-0.39, 0.29) is 24.2 Å². The number of rotatable bonds is 5. The van der Waals surface area contributed by atoms with Crippen LogP contribution in [0.5, 0.6) is 0 Å². The summed E-state index contributed by atoms with van der Waals surface area (Å²) in [5.41, 5.74) is 1.03. The molecule has 0 aromatic heterocycles. The van der Waals surface area contributed by atoms with Gasteiger partial charge in [-0.25, -0.2) is 0 Å². The summed E-state index contributed by atoms with van der Waals surface area (Å²) in [6.45, 7) is 4.92. The second-order valence-corrected chi connectivity index (χ2v) is 6.28. The number of carbonyl (C=O) groups is 2. The van der Waals surface area contributed by atoms with Gasteiger partial charge in [-0.05, 0) is 12.1 Å². The predicted molar refractivity (Wildman–Crippen MR) is 91.9 cm³/mol. The van der Waals surface area contributed by atoms with Gasteiger partial charge in [-0.1, -0.05) is 12.1 Å². The summed E-state index contributed by atoms with van der Waals surface area (Å²) in [6.07, 6.45) is 0.184. The van der Waals surface area contributed by atoms with Gasteiger partial charge in [0.25, 0.3) is 0 Å². The van der Waals surface area contributed by atoms with Gasteiger partial charge in [0, 0.05) is 39.1 Å². The lowest BCUT2D eigenvalue weighted by Crippen LogP contribution is -2.42. The van der Waals surface area contributed by atoms with Crippen molar-refractivity contribution in [3.05, 3.63) is 29.8 Å². The third-order valence-corrected chi connectivity index (χ3v) is 4.64. The number of ether oxygens (including phenoxy) is 1. The lowest BCUT2D eigenvalue weighted by molar-refractivity contribution is -0.126. The van der Waals surface area contributed by atoms with E-state index in [2.05, 4.69) is 16.3 Å². The molecule has 7 nitrogen and oxygen atoms in total. The first-order chi connectivity index (χ1) is 12.2. The maximum atomic E-state index is 12.4. The zero-order valence-electron chi connectivity index (χ0n) is 14.1. The van der Waals surface area contributed by atoms with E-state index in [1.807, 2.05) is 0 Å². The highest BCUT2D eigenvalue weighted by Crippen LogP contribution is 2.27. The van der Waals surface area contributed by atoms with E-state index in [1.54, 1.807) is 29.2 Å². The van der Waals surface area contributed by atoms with E-state index in [0.29, 0.717) is 24.3 Å². The Kier molecular flexibility index (Phi) is 5.64. The van der Waals surface area contributed by atoms with Gasteiger partial charge < -0.3 is 15.0 Å². The van der Waals surface area contributed by atoms with Crippen molar-refractivity contribution in [1.29, 1.82) is 5.26 Å². The lowest BCUT2D eigenvalue weighted by atomic mass is 10.1. The molecule has 2 amide bonds. The first kappa shape index (κ1) is 17.4. The Morgan fingerprint density at radius 2 is 2.08 bits per heavy atom. The number of morpholine rings is 1. The van der Waals surface area contributed by atoms with Crippen molar-refractivity contribution >= 4 is 17.5 Å². The molecule has 1 aromatic rings. The smallest absolute Gasteiger partial charge is 0.227 e. The Bertz CT molecular complexity index is 679. The molecule has 0 bridgehead atoms. The average Bonchev–Trinajstić information content (AvgIpc) is 3.04. The van der Waals surface area contributed by atoms with Crippen LogP contribution in [0.2, 0.25) is 0 Å². The standard InChI is InChI=1S/C18H22N4O3/c19-12-14-3-1-2-4-16(14)22-13-15(11-17(22)23)18(24)20-5-6-21-7-9-25-10-8-21/h1-4,15H,5-11,13H2,(H,20,24). The summed E-state index contributed by atoms with van der Waals surface area (Å²) in [6, 6.07) is 9.07. The summed E-state index contributed by atoms with van der Waals surface area (Å²) < 4.78 is 5.30. The van der Waals surface area contributed by atoms with Crippen LogP contribution >= 0.6 is 0 Å². The molecule has 2 aliphatic rings. The maximum Gasteiger partial charge on any atom is 0.227 e. The van der Waals surface area contributed by atoms with Gasteiger partial charge in [-0.3, -0.25) is 14.5 Å². The van der Waals surface area contributed by atoms with E-state index in [0.717, 1.165) is 32.8 Å². The van der Waals surface area contributed by atoms with Crippen LogP contribution in [0.15, 0.2) is 24.3 Å². The molecular weight excluding hydrogens is 320 g/mol. The first-order valence-electron chi connectivity index (χ1n) is 8.56. The van der Waals surface area contributed by atoms with Crippen molar-refractivity contribution < 1.29 is 14.3 Å². The van der Waals surface area contributed by atoms with Crippen molar-refractivity contribution in [2.75, 3.05) is 50.8 Å². The van der Waals surface area contributed by atoms with Crippen molar-refractivity contribution in [2.24, 2.45) is 5.92 Å². The highest BCUT2D eigenvalue weighted by Gasteiger charge is 2.35. The predicted octanol–water partition coefficient (Wildman–Crippen LogP) is 0.360. The van der Waals surface area contributed by atoms with Crippen LogP contribution < -0.4 is 10.2 Å². The molecule has 2 heterocycles. The van der Waals surface area contributed by atoms with Gasteiger partial charge in [-0.15, -0.1) is 0 Å². The number of para-hydroxylation sites is 1. The normalized spacial score (nSPS) is 21.2. The minimum Gasteiger partial charge on any atom is -0.379 e. The Balaban J connectivity index is 1.53. The molecule has 1 atom stereocenters. The van der Waals surface area contributed by atoms with Crippen LogP contribution in [0.1, 0.15) is 12.0 Å². The monoisotopic (exact) mass is 342 g/mol. The summed E-state index contributed by atoms with van der Waals surface area (Å²) in [4.78, 5) is 28.5. The number of carbonyl (C=O) groups excluding carboxylic acids is 2. The van der Waals surface area contributed by atoms with Gasteiger partial charge in [-0.2, -0.15) is 5.26 Å². The van der Waals surface area contributed by atoms with Gasteiger partial charge >= 0.3 is 0 Å². The third-order valence-electron chi connectivity index (χ3n) is 4.64. The van der Waals surface area contributed by atoms with E-state index >= 15 is 0 Å². The van der Waals surface area contributed by atoms with Crippen LogP contribution in [0, 0.1) is 17.2 Å². The summed E-state index contributed by atoms with van der Waals surface area (Å²) in [5.74, 6) is -0.585. The topological polar surface area (TPSA) is 85.7 Å². The average molecular weight is 342 g/mol. The van der Waals surface area contributed by atoms with Crippen LogP contribution in [0.3, 0.4) is 0 Å². The summed E-state index contributed by atoms with van der Waals surface area (Å²) >= 11 is 0. The number of anilines is 1. The molecule has 25 heavy (non-hydrogen) atoms. The first-order valence-corrected chi connectivity index (χ1v) is 8.56. The van der Waals surface area contributed by atoms with Crippen LogP contribution in [0.25, 0.3) is 0 Å². The minimum absolute atomic E-state index is 0.0986. The SMILES string of the molecule is N#Cc1ccccc1N1CC(C(=O)NCCN2CCOCC2)CC1=O. The minimum atomic E-state index is -0.371. The molecule has 132 valence electrons. The summed E-state index contributed by atoms with van der Waals surface area (Å²) in [7, 11) is 0. The lowest BCUT2D eigenvalue weighted by Gasteiger charge is -2.26. The van der Waals surface area contributed by atoms with Gasteiger partial charge in [0.1, 0.15) is 6.07 Å². The molecule has 0 saturated carbocycles. The quantitative estimate of drug-likeness (QED) is 0.835. The number of hydrogen-bond acceptors (Lipinski definition) is 5. The largest absolute Gasteiger partial charge is 0.379 e. The van der Waals surface area contributed by atoms with Crippen molar-refractivity contribution in [3.8, 4) is 6.07 Å². The zero-order valence-corrected chi connectivity index (χ0v) is 14.1. The molecule has 1 unspecified atom stereocenters. The van der Waals surface area contributed by atoms with Crippen molar-refractivity contribution in [1.82, 2.24) is 10.2 Å².